The SMILES string of the molecule is Nc1nsnc1-c1cc(F)cc(Cl)c1. The molecule has 1 heterocycles. The summed E-state index contributed by atoms with van der Waals surface area (Å²) < 4.78 is 20.7. The number of nitrogens with two attached hydrogens (primary N) is 1. The van der Waals surface area contributed by atoms with Gasteiger partial charge in [0.25, 0.3) is 0 Å². The van der Waals surface area contributed by atoms with Gasteiger partial charge >= 0.3 is 0 Å². The lowest BCUT2D eigenvalue weighted by atomic mass is 10.1. The number of hydrogen-bond donors (Lipinski definition) is 1. The lowest BCUT2D eigenvalue weighted by molar-refractivity contribution is 0.628. The second kappa shape index (κ2) is 3.51. The predicted octanol–water partition coefficient (Wildman–Crippen LogP) is 2.58. The van der Waals surface area contributed by atoms with E-state index in [0.717, 1.165) is 11.7 Å². The van der Waals surface area contributed by atoms with Crippen LogP contribution in [0.5, 0.6) is 0 Å². The van der Waals surface area contributed by atoms with E-state index in [-0.39, 0.29) is 5.82 Å². The van der Waals surface area contributed by atoms with Crippen LogP contribution in [0.4, 0.5) is 10.2 Å². The van der Waals surface area contributed by atoms with Gasteiger partial charge in [0.2, 0.25) is 0 Å². The Morgan fingerprint density at radius 2 is 2.07 bits per heavy atom. The van der Waals surface area contributed by atoms with Crippen LogP contribution in [0.1, 0.15) is 0 Å². The van der Waals surface area contributed by atoms with E-state index in [4.69, 9.17) is 17.3 Å². The van der Waals surface area contributed by atoms with Gasteiger partial charge < -0.3 is 5.73 Å². The van der Waals surface area contributed by atoms with E-state index in [9.17, 15) is 4.39 Å². The molecule has 0 aliphatic heterocycles. The zero-order valence-corrected chi connectivity index (χ0v) is 8.44. The summed E-state index contributed by atoms with van der Waals surface area (Å²) in [6, 6.07) is 4.14. The predicted molar refractivity (Wildman–Crippen MR) is 54.7 cm³/mol. The summed E-state index contributed by atoms with van der Waals surface area (Å²) in [5.74, 6) is -0.128. The zero-order chi connectivity index (χ0) is 10.1. The van der Waals surface area contributed by atoms with Gasteiger partial charge in [-0.15, -0.1) is 0 Å². The first-order valence-corrected chi connectivity index (χ1v) is 4.82. The number of nitrogens with zero attached hydrogens (tertiary/aromatic N) is 2. The molecule has 0 amide bonds. The van der Waals surface area contributed by atoms with Gasteiger partial charge in [-0.05, 0) is 18.2 Å². The average Bonchev–Trinajstić information content (AvgIpc) is 2.49. The molecule has 2 aromatic rings. The molecule has 0 aliphatic carbocycles. The highest BCUT2D eigenvalue weighted by Gasteiger charge is 2.09. The minimum absolute atomic E-state index is 0.289. The van der Waals surface area contributed by atoms with E-state index >= 15 is 0 Å². The Morgan fingerprint density at radius 3 is 2.64 bits per heavy atom. The molecule has 3 nitrogen and oxygen atoms in total. The Bertz CT molecular complexity index is 451. The first-order chi connectivity index (χ1) is 6.66. The van der Waals surface area contributed by atoms with Crippen molar-refractivity contribution in [1.29, 1.82) is 0 Å². The fourth-order valence-corrected chi connectivity index (χ4v) is 1.80. The van der Waals surface area contributed by atoms with Gasteiger partial charge in [-0.2, -0.15) is 8.75 Å². The van der Waals surface area contributed by atoms with Crippen LogP contribution >= 0.6 is 23.3 Å². The van der Waals surface area contributed by atoms with Crippen molar-refractivity contribution in [3.8, 4) is 11.3 Å². The van der Waals surface area contributed by atoms with Crippen LogP contribution in [0.25, 0.3) is 11.3 Å². The van der Waals surface area contributed by atoms with Crippen LogP contribution in [0, 0.1) is 5.82 Å². The molecule has 14 heavy (non-hydrogen) atoms. The van der Waals surface area contributed by atoms with E-state index in [1.54, 1.807) is 6.07 Å². The second-order valence-electron chi connectivity index (χ2n) is 2.66. The molecule has 1 aromatic carbocycles. The van der Waals surface area contributed by atoms with Crippen LogP contribution in [0.3, 0.4) is 0 Å². The Balaban J connectivity index is 2.57. The van der Waals surface area contributed by atoms with E-state index in [1.165, 1.54) is 12.1 Å². The summed E-state index contributed by atoms with van der Waals surface area (Å²) in [4.78, 5) is 0. The molecule has 6 heteroatoms. The summed E-state index contributed by atoms with van der Waals surface area (Å²) >= 11 is 6.68. The van der Waals surface area contributed by atoms with Crippen molar-refractivity contribution in [1.82, 2.24) is 8.75 Å². The molecule has 0 bridgehead atoms. The smallest absolute Gasteiger partial charge is 0.165 e. The van der Waals surface area contributed by atoms with Gasteiger partial charge in [-0.1, -0.05) is 11.6 Å². The van der Waals surface area contributed by atoms with Crippen LogP contribution < -0.4 is 5.73 Å². The van der Waals surface area contributed by atoms with Gasteiger partial charge in [0.1, 0.15) is 11.5 Å². The molecule has 72 valence electrons. The summed E-state index contributed by atoms with van der Waals surface area (Å²) in [6.45, 7) is 0. The molecule has 0 saturated carbocycles. The molecule has 1 aromatic heterocycles. The van der Waals surface area contributed by atoms with Crippen molar-refractivity contribution in [2.75, 3.05) is 5.73 Å². The molecule has 0 atom stereocenters. The van der Waals surface area contributed by atoms with Gasteiger partial charge in [-0.25, -0.2) is 4.39 Å². The van der Waals surface area contributed by atoms with E-state index in [2.05, 4.69) is 8.75 Å². The van der Waals surface area contributed by atoms with Gasteiger partial charge in [0.15, 0.2) is 5.82 Å². The van der Waals surface area contributed by atoms with Crippen molar-refractivity contribution in [2.45, 2.75) is 0 Å². The molecular formula is C8H5ClFN3S. The number of rotatable bonds is 1. The molecule has 0 radical (unpaired) electrons. The summed E-state index contributed by atoms with van der Waals surface area (Å²) in [5.41, 5.74) is 6.56. The molecule has 2 rings (SSSR count). The summed E-state index contributed by atoms with van der Waals surface area (Å²) in [7, 11) is 0. The first-order valence-electron chi connectivity index (χ1n) is 3.71. The zero-order valence-electron chi connectivity index (χ0n) is 6.87. The second-order valence-corrected chi connectivity index (χ2v) is 3.62. The van der Waals surface area contributed by atoms with Gasteiger partial charge in [0.05, 0.1) is 11.7 Å². The topological polar surface area (TPSA) is 51.8 Å². The molecule has 0 unspecified atom stereocenters. The number of halogens is 2. The largest absolute Gasteiger partial charge is 0.381 e. The number of aromatic nitrogens is 2. The van der Waals surface area contributed by atoms with Crippen LogP contribution in [0.15, 0.2) is 18.2 Å². The lowest BCUT2D eigenvalue weighted by Gasteiger charge is -1.98. The fourth-order valence-electron chi connectivity index (χ4n) is 1.09. The van der Waals surface area contributed by atoms with Crippen molar-refractivity contribution in [2.24, 2.45) is 0 Å². The van der Waals surface area contributed by atoms with E-state index in [1.807, 2.05) is 0 Å². The minimum atomic E-state index is -0.417. The maximum absolute atomic E-state index is 13.0. The van der Waals surface area contributed by atoms with Crippen molar-refractivity contribution in [3.05, 3.63) is 29.0 Å². The molecular weight excluding hydrogens is 225 g/mol. The molecule has 2 N–H and O–H groups in total. The first kappa shape index (κ1) is 9.36. The fraction of sp³-hybridized carbons (Fsp3) is 0. The minimum Gasteiger partial charge on any atom is -0.381 e. The quantitative estimate of drug-likeness (QED) is 0.818. The normalized spacial score (nSPS) is 10.4. The third-order valence-electron chi connectivity index (χ3n) is 1.65. The van der Waals surface area contributed by atoms with E-state index < -0.39 is 5.82 Å². The third kappa shape index (κ3) is 1.69. The number of hydrogen-bond acceptors (Lipinski definition) is 4. The summed E-state index contributed by atoms with van der Waals surface area (Å²) in [6.07, 6.45) is 0. The van der Waals surface area contributed by atoms with Crippen LogP contribution in [0.2, 0.25) is 5.02 Å². The van der Waals surface area contributed by atoms with Crippen molar-refractivity contribution in [3.63, 3.8) is 0 Å². The Kier molecular flexibility index (Phi) is 2.35. The highest BCUT2D eigenvalue weighted by Crippen LogP contribution is 2.26. The molecule has 0 fully saturated rings. The van der Waals surface area contributed by atoms with Crippen molar-refractivity contribution < 1.29 is 4.39 Å². The average molecular weight is 230 g/mol. The molecule has 0 saturated heterocycles. The standard InChI is InChI=1S/C8H5ClFN3S/c9-5-1-4(2-6(10)3-5)7-8(11)13-14-12-7/h1-3H,(H2,11,13). The van der Waals surface area contributed by atoms with E-state index in [0.29, 0.717) is 16.3 Å². The molecule has 0 spiro atoms. The maximum Gasteiger partial charge on any atom is 0.165 e. The maximum atomic E-state index is 13.0. The number of benzene rings is 1. The number of nitrogen functional groups attached to an aromatic ring is 1. The van der Waals surface area contributed by atoms with Crippen LogP contribution in [-0.4, -0.2) is 8.75 Å². The van der Waals surface area contributed by atoms with Gasteiger partial charge in [0, 0.05) is 10.6 Å². The van der Waals surface area contributed by atoms with Gasteiger partial charge in [-0.3, -0.25) is 0 Å². The highest BCUT2D eigenvalue weighted by molar-refractivity contribution is 6.99. The Morgan fingerprint density at radius 1 is 1.29 bits per heavy atom. The Hall–Kier alpha value is -1.20. The summed E-state index contributed by atoms with van der Waals surface area (Å²) in [5, 5.41) is 0.312. The lowest BCUT2D eigenvalue weighted by Crippen LogP contribution is -1.89. The highest BCUT2D eigenvalue weighted by atomic mass is 35.5. The van der Waals surface area contributed by atoms with Crippen LogP contribution in [-0.2, 0) is 0 Å². The third-order valence-corrected chi connectivity index (χ3v) is 2.41. The van der Waals surface area contributed by atoms with Crippen molar-refractivity contribution >= 4 is 29.1 Å². The Labute approximate surface area is 88.7 Å². The monoisotopic (exact) mass is 229 g/mol. The number of anilines is 1. The molecule has 0 aliphatic rings.